The number of aryl methyl sites for hydroxylation is 1. The van der Waals surface area contributed by atoms with Crippen LogP contribution in [0.5, 0.6) is 0 Å². The van der Waals surface area contributed by atoms with Crippen molar-refractivity contribution in [2.75, 3.05) is 5.32 Å². The zero-order valence-corrected chi connectivity index (χ0v) is 12.2. The fourth-order valence-corrected chi connectivity index (χ4v) is 1.92. The van der Waals surface area contributed by atoms with Gasteiger partial charge in [-0.3, -0.25) is 0 Å². The second-order valence-corrected chi connectivity index (χ2v) is 5.00. The Hall–Kier alpha value is -1.95. The van der Waals surface area contributed by atoms with Gasteiger partial charge in [0.05, 0.1) is 10.0 Å². The first-order valence-electron chi connectivity index (χ1n) is 5.96. The Morgan fingerprint density at radius 1 is 1.40 bits per heavy atom. The molecule has 6 heteroatoms. The van der Waals surface area contributed by atoms with Crippen molar-refractivity contribution in [1.29, 1.82) is 0 Å². The van der Waals surface area contributed by atoms with Crippen molar-refractivity contribution in [2.45, 2.75) is 13.3 Å². The number of hydrogen-bond acceptors (Lipinski definition) is 3. The van der Waals surface area contributed by atoms with Crippen LogP contribution in [0.25, 0.3) is 0 Å². The minimum absolute atomic E-state index is 0.150. The van der Waals surface area contributed by atoms with Crippen molar-refractivity contribution >= 4 is 33.4 Å². The van der Waals surface area contributed by atoms with Crippen LogP contribution in [-0.4, -0.2) is 16.1 Å². The standard InChI is InChI=1S/C14H12BrFN2O2/c1-2-9-5-8(14(19)20)6-13(17-9)18-10-3-4-11(15)12(16)7-10/h3-7H,2H2,1H3,(H,17,18)(H,19,20). The number of anilines is 2. The Morgan fingerprint density at radius 2 is 2.15 bits per heavy atom. The molecule has 2 rings (SSSR count). The monoisotopic (exact) mass is 338 g/mol. The highest BCUT2D eigenvalue weighted by Gasteiger charge is 2.08. The predicted molar refractivity (Wildman–Crippen MR) is 78.0 cm³/mol. The van der Waals surface area contributed by atoms with Crippen LogP contribution in [0, 0.1) is 5.82 Å². The van der Waals surface area contributed by atoms with Crippen LogP contribution in [0.1, 0.15) is 23.0 Å². The minimum Gasteiger partial charge on any atom is -0.478 e. The summed E-state index contributed by atoms with van der Waals surface area (Å²) in [6.45, 7) is 1.89. The van der Waals surface area contributed by atoms with Crippen molar-refractivity contribution in [3.05, 3.63) is 51.9 Å². The fraction of sp³-hybridized carbons (Fsp3) is 0.143. The number of nitrogens with one attached hydrogen (secondary N) is 1. The number of nitrogens with zero attached hydrogens (tertiary/aromatic N) is 1. The lowest BCUT2D eigenvalue weighted by Gasteiger charge is -2.09. The molecule has 0 amide bonds. The molecule has 1 aromatic carbocycles. The van der Waals surface area contributed by atoms with Crippen LogP contribution < -0.4 is 5.32 Å². The second kappa shape index (κ2) is 6.00. The van der Waals surface area contributed by atoms with Gasteiger partial charge in [-0.15, -0.1) is 0 Å². The number of hydrogen-bond donors (Lipinski definition) is 2. The van der Waals surface area contributed by atoms with Gasteiger partial charge in [-0.1, -0.05) is 6.92 Å². The largest absolute Gasteiger partial charge is 0.478 e. The normalized spacial score (nSPS) is 10.3. The Bertz CT molecular complexity index is 662. The molecular weight excluding hydrogens is 327 g/mol. The Kier molecular flexibility index (Phi) is 4.34. The third kappa shape index (κ3) is 3.33. The molecule has 0 saturated carbocycles. The molecule has 104 valence electrons. The van der Waals surface area contributed by atoms with E-state index < -0.39 is 11.8 Å². The van der Waals surface area contributed by atoms with E-state index in [1.165, 1.54) is 18.2 Å². The van der Waals surface area contributed by atoms with Gasteiger partial charge in [0.25, 0.3) is 0 Å². The van der Waals surface area contributed by atoms with Crippen molar-refractivity contribution in [3.63, 3.8) is 0 Å². The first-order valence-corrected chi connectivity index (χ1v) is 6.75. The summed E-state index contributed by atoms with van der Waals surface area (Å²) >= 11 is 3.07. The van der Waals surface area contributed by atoms with Crippen LogP contribution in [0.3, 0.4) is 0 Å². The lowest BCUT2D eigenvalue weighted by Crippen LogP contribution is -2.03. The zero-order valence-electron chi connectivity index (χ0n) is 10.7. The number of halogens is 2. The maximum atomic E-state index is 13.4. The average Bonchev–Trinajstić information content (AvgIpc) is 2.42. The van der Waals surface area contributed by atoms with Gasteiger partial charge in [0.15, 0.2) is 0 Å². The number of carboxylic acids is 1. The molecule has 0 bridgehead atoms. The fourth-order valence-electron chi connectivity index (χ4n) is 1.68. The number of rotatable bonds is 4. The number of aromatic carboxylic acids is 1. The molecule has 20 heavy (non-hydrogen) atoms. The summed E-state index contributed by atoms with van der Waals surface area (Å²) < 4.78 is 13.8. The zero-order chi connectivity index (χ0) is 14.7. The Labute approximate surface area is 123 Å². The molecule has 0 fully saturated rings. The van der Waals surface area contributed by atoms with Gasteiger partial charge in [-0.25, -0.2) is 14.2 Å². The molecule has 4 nitrogen and oxygen atoms in total. The van der Waals surface area contributed by atoms with E-state index in [0.717, 1.165) is 0 Å². The minimum atomic E-state index is -1.02. The van der Waals surface area contributed by atoms with Gasteiger partial charge in [0, 0.05) is 11.4 Å². The Morgan fingerprint density at radius 3 is 2.75 bits per heavy atom. The summed E-state index contributed by atoms with van der Waals surface area (Å²) in [4.78, 5) is 15.3. The van der Waals surface area contributed by atoms with E-state index in [1.807, 2.05) is 6.92 Å². The molecule has 0 saturated heterocycles. The van der Waals surface area contributed by atoms with Gasteiger partial charge in [-0.05, 0) is 52.7 Å². The molecule has 2 aromatic rings. The maximum absolute atomic E-state index is 13.4. The van der Waals surface area contributed by atoms with Crippen LogP contribution >= 0.6 is 15.9 Å². The number of benzene rings is 1. The number of pyridine rings is 1. The van der Waals surface area contributed by atoms with Crippen LogP contribution in [0.4, 0.5) is 15.9 Å². The number of carbonyl (C=O) groups is 1. The van der Waals surface area contributed by atoms with Crippen LogP contribution in [-0.2, 0) is 6.42 Å². The van der Waals surface area contributed by atoms with Crippen LogP contribution in [0.15, 0.2) is 34.8 Å². The summed E-state index contributed by atoms with van der Waals surface area (Å²) in [7, 11) is 0. The molecule has 1 aromatic heterocycles. The smallest absolute Gasteiger partial charge is 0.335 e. The van der Waals surface area contributed by atoms with Gasteiger partial charge >= 0.3 is 5.97 Å². The first kappa shape index (κ1) is 14.5. The van der Waals surface area contributed by atoms with Crippen molar-refractivity contribution < 1.29 is 14.3 Å². The summed E-state index contributed by atoms with van der Waals surface area (Å²) in [5.74, 6) is -1.05. The molecule has 0 spiro atoms. The van der Waals surface area contributed by atoms with E-state index >= 15 is 0 Å². The lowest BCUT2D eigenvalue weighted by atomic mass is 10.2. The highest BCUT2D eigenvalue weighted by molar-refractivity contribution is 9.10. The summed E-state index contributed by atoms with van der Waals surface area (Å²) in [6.07, 6.45) is 0.616. The molecule has 0 radical (unpaired) electrons. The number of aromatic nitrogens is 1. The highest BCUT2D eigenvalue weighted by atomic mass is 79.9. The molecule has 0 atom stereocenters. The predicted octanol–water partition coefficient (Wildman–Crippen LogP) is 3.99. The van der Waals surface area contributed by atoms with E-state index in [2.05, 4.69) is 26.2 Å². The van der Waals surface area contributed by atoms with Gasteiger partial charge in [0.2, 0.25) is 0 Å². The molecule has 0 aliphatic carbocycles. The lowest BCUT2D eigenvalue weighted by molar-refractivity contribution is 0.0696. The van der Waals surface area contributed by atoms with E-state index in [0.29, 0.717) is 28.1 Å². The summed E-state index contributed by atoms with van der Waals surface area (Å²) in [5.41, 5.74) is 1.31. The first-order chi connectivity index (χ1) is 9.49. The molecule has 1 heterocycles. The van der Waals surface area contributed by atoms with Gasteiger partial charge in [-0.2, -0.15) is 0 Å². The van der Waals surface area contributed by atoms with Gasteiger partial charge in [0.1, 0.15) is 11.6 Å². The maximum Gasteiger partial charge on any atom is 0.335 e. The molecule has 0 aliphatic heterocycles. The molecular formula is C14H12BrFN2O2. The molecule has 0 aliphatic rings. The van der Waals surface area contributed by atoms with E-state index in [4.69, 9.17) is 5.11 Å². The van der Waals surface area contributed by atoms with Gasteiger partial charge < -0.3 is 10.4 Å². The van der Waals surface area contributed by atoms with Crippen molar-refractivity contribution in [2.24, 2.45) is 0 Å². The van der Waals surface area contributed by atoms with Crippen LogP contribution in [0.2, 0.25) is 0 Å². The van der Waals surface area contributed by atoms with E-state index in [1.54, 1.807) is 12.1 Å². The SMILES string of the molecule is CCc1cc(C(=O)O)cc(Nc2ccc(Br)c(F)c2)n1. The topological polar surface area (TPSA) is 62.2 Å². The molecule has 2 N–H and O–H groups in total. The van der Waals surface area contributed by atoms with E-state index in [9.17, 15) is 9.18 Å². The summed E-state index contributed by atoms with van der Waals surface area (Å²) in [6, 6.07) is 7.50. The second-order valence-electron chi connectivity index (χ2n) is 4.14. The number of carboxylic acid groups (broad SMARTS) is 1. The van der Waals surface area contributed by atoms with E-state index in [-0.39, 0.29) is 5.56 Å². The third-order valence-corrected chi connectivity index (χ3v) is 3.32. The third-order valence-electron chi connectivity index (χ3n) is 2.68. The molecule has 0 unspecified atom stereocenters. The highest BCUT2D eigenvalue weighted by Crippen LogP contribution is 2.22. The quantitative estimate of drug-likeness (QED) is 0.884. The van der Waals surface area contributed by atoms with Crippen molar-refractivity contribution in [3.8, 4) is 0 Å². The average molecular weight is 339 g/mol. The van der Waals surface area contributed by atoms with Crippen molar-refractivity contribution in [1.82, 2.24) is 4.98 Å². The Balaban J connectivity index is 2.34. The summed E-state index contributed by atoms with van der Waals surface area (Å²) in [5, 5.41) is 12.0.